The lowest BCUT2D eigenvalue weighted by Crippen LogP contribution is -2.39. The van der Waals surface area contributed by atoms with Gasteiger partial charge in [0.1, 0.15) is 4.90 Å². The third-order valence-electron chi connectivity index (χ3n) is 12.3. The van der Waals surface area contributed by atoms with Gasteiger partial charge in [0.15, 0.2) is 0 Å². The predicted octanol–water partition coefficient (Wildman–Crippen LogP) is 9.49. The van der Waals surface area contributed by atoms with Crippen LogP contribution in [0.3, 0.4) is 0 Å². The van der Waals surface area contributed by atoms with E-state index < -0.39 is 52.8 Å². The summed E-state index contributed by atoms with van der Waals surface area (Å²) in [5.74, 6) is -0.681. The summed E-state index contributed by atoms with van der Waals surface area (Å²) in [5, 5.41) is 10.5. The van der Waals surface area contributed by atoms with E-state index in [9.17, 15) is 34.8 Å². The predicted molar refractivity (Wildman–Crippen MR) is 254 cm³/mol. The van der Waals surface area contributed by atoms with Crippen LogP contribution in [-0.4, -0.2) is 97.4 Å². The Bertz CT molecular complexity index is 2470. The fourth-order valence-electron chi connectivity index (χ4n) is 8.10. The molecule has 6 rings (SSSR count). The molecule has 1 amide bonds. The van der Waals surface area contributed by atoms with Crippen LogP contribution in [-0.2, 0) is 24.6 Å². The van der Waals surface area contributed by atoms with Gasteiger partial charge in [-0.15, -0.1) is 11.8 Å². The molecule has 1 aliphatic carbocycles. The summed E-state index contributed by atoms with van der Waals surface area (Å²) in [6.07, 6.45) is 5.87. The number of allylic oxidation sites excluding steroid dienone is 1. The smallest absolute Gasteiger partial charge is 0.384 e. The van der Waals surface area contributed by atoms with Crippen LogP contribution in [0.2, 0.25) is 5.02 Å². The Labute approximate surface area is 390 Å². The molecule has 4 aromatic carbocycles. The summed E-state index contributed by atoms with van der Waals surface area (Å²) < 4.78 is 103. The molecule has 0 spiro atoms. The SMILES string of the molecule is CCC1(CC)CCC(CNCCNc2ccc(C(=O)NS(=O)(=O)c3ccc(N[C@H](CCN4CCOCC4)CSc4ccccc4)c(S(=O)(=O)C(F)(F)F)c3)cc2)=C(c2ccc(Cl)cc2)C1. The number of alkyl halides is 3. The molecule has 11 nitrogen and oxygen atoms in total. The molecular formula is C47H57ClF3N5O6S3. The van der Waals surface area contributed by atoms with Crippen molar-refractivity contribution in [3.63, 3.8) is 0 Å². The van der Waals surface area contributed by atoms with Gasteiger partial charge in [0.25, 0.3) is 25.8 Å². The number of nitrogens with zero attached hydrogens (tertiary/aromatic N) is 1. The number of carbonyl (C=O) groups excluding carboxylic acids is 1. The molecule has 1 fully saturated rings. The fourth-order valence-corrected chi connectivity index (χ4v) is 11.2. The normalized spacial score (nSPS) is 16.5. The van der Waals surface area contributed by atoms with Crippen LogP contribution >= 0.6 is 23.4 Å². The van der Waals surface area contributed by atoms with Crippen LogP contribution in [0, 0.1) is 5.41 Å². The van der Waals surface area contributed by atoms with Gasteiger partial charge in [0.2, 0.25) is 0 Å². The number of nitrogens with one attached hydrogen (secondary N) is 4. The number of halogens is 4. The van der Waals surface area contributed by atoms with Gasteiger partial charge >= 0.3 is 5.51 Å². The minimum absolute atomic E-state index is 0.0353. The summed E-state index contributed by atoms with van der Waals surface area (Å²) in [7, 11) is -10.9. The molecule has 0 bridgehead atoms. The van der Waals surface area contributed by atoms with Crippen molar-refractivity contribution in [1.29, 1.82) is 0 Å². The van der Waals surface area contributed by atoms with Gasteiger partial charge in [-0.1, -0.05) is 74.2 Å². The van der Waals surface area contributed by atoms with Gasteiger partial charge in [-0.2, -0.15) is 13.2 Å². The zero-order valence-corrected chi connectivity index (χ0v) is 39.8. The van der Waals surface area contributed by atoms with E-state index in [2.05, 4.69) is 46.8 Å². The molecule has 2 aliphatic rings. The van der Waals surface area contributed by atoms with Crippen molar-refractivity contribution in [1.82, 2.24) is 14.9 Å². The van der Waals surface area contributed by atoms with E-state index in [1.807, 2.05) is 47.2 Å². The van der Waals surface area contributed by atoms with E-state index >= 15 is 0 Å². The number of ether oxygens (including phenoxy) is 1. The van der Waals surface area contributed by atoms with E-state index in [1.54, 1.807) is 12.1 Å². The second kappa shape index (κ2) is 22.6. The number of amides is 1. The van der Waals surface area contributed by atoms with Gasteiger partial charge in [0, 0.05) is 72.2 Å². The van der Waals surface area contributed by atoms with Gasteiger partial charge in [-0.25, -0.2) is 21.6 Å². The van der Waals surface area contributed by atoms with Crippen molar-refractivity contribution in [2.45, 2.75) is 78.6 Å². The quantitative estimate of drug-likeness (QED) is 0.0468. The number of sulfonamides is 1. The lowest BCUT2D eigenvalue weighted by Gasteiger charge is -2.38. The maximum Gasteiger partial charge on any atom is 0.501 e. The monoisotopic (exact) mass is 975 g/mol. The first-order valence-electron chi connectivity index (χ1n) is 21.8. The van der Waals surface area contributed by atoms with Crippen LogP contribution in [0.5, 0.6) is 0 Å². The highest BCUT2D eigenvalue weighted by molar-refractivity contribution is 7.99. The number of benzene rings is 4. The lowest BCUT2D eigenvalue weighted by molar-refractivity contribution is -0.0435. The summed E-state index contributed by atoms with van der Waals surface area (Å²) in [6.45, 7) is 9.49. The molecule has 4 N–H and O–H groups in total. The number of anilines is 2. The second-order valence-electron chi connectivity index (χ2n) is 16.4. The third kappa shape index (κ3) is 13.5. The molecule has 1 heterocycles. The number of hydrogen-bond donors (Lipinski definition) is 4. The number of thioether (sulfide) groups is 1. The molecule has 1 aliphatic heterocycles. The van der Waals surface area contributed by atoms with Crippen molar-refractivity contribution in [3.8, 4) is 0 Å². The minimum Gasteiger partial charge on any atom is -0.384 e. The molecule has 0 aromatic heterocycles. The molecular weight excluding hydrogens is 919 g/mol. The summed E-state index contributed by atoms with van der Waals surface area (Å²) >= 11 is 7.64. The zero-order valence-electron chi connectivity index (χ0n) is 36.6. The van der Waals surface area contributed by atoms with E-state index in [0.29, 0.717) is 74.9 Å². The average Bonchev–Trinajstić information content (AvgIpc) is 3.30. The van der Waals surface area contributed by atoms with Gasteiger partial charge in [0.05, 0.1) is 23.8 Å². The van der Waals surface area contributed by atoms with E-state index in [4.69, 9.17) is 16.3 Å². The number of hydrogen-bond acceptors (Lipinski definition) is 11. The Hall–Kier alpha value is -4.10. The highest BCUT2D eigenvalue weighted by Gasteiger charge is 2.48. The van der Waals surface area contributed by atoms with Gasteiger partial charge in [-0.05, 0) is 109 Å². The standard InChI is InChI=1S/C47H57ClF3N5O6S3/c1-3-46(4-2)22-20-36(42(31-46)34-10-14-37(48)15-11-34)32-52-23-24-53-38-16-12-35(13-17-38)45(57)55-65(60,61)41-18-19-43(44(30-41)64(58,59)47(49,50)51)54-39(21-25-56-26-28-62-29-27-56)33-63-40-8-6-5-7-9-40/h5-19,30,39,52-54H,3-4,20-29,31-33H2,1-2H3,(H,55,57)/t39-/m1/s1. The van der Waals surface area contributed by atoms with Crippen molar-refractivity contribution < 1.29 is 39.5 Å². The van der Waals surface area contributed by atoms with Crippen LogP contribution in [0.4, 0.5) is 24.5 Å². The Morgan fingerprint density at radius 3 is 2.26 bits per heavy atom. The first-order chi connectivity index (χ1) is 31.0. The molecule has 1 saturated heterocycles. The first-order valence-corrected chi connectivity index (χ1v) is 26.1. The number of carbonyl (C=O) groups is 1. The molecule has 18 heteroatoms. The average molecular weight is 977 g/mol. The topological polar surface area (TPSA) is 146 Å². The van der Waals surface area contributed by atoms with Crippen molar-refractivity contribution in [2.24, 2.45) is 5.41 Å². The molecule has 0 unspecified atom stereocenters. The molecule has 0 radical (unpaired) electrons. The highest BCUT2D eigenvalue weighted by Crippen LogP contribution is 2.47. The Kier molecular flexibility index (Phi) is 17.5. The lowest BCUT2D eigenvalue weighted by atomic mass is 9.67. The van der Waals surface area contributed by atoms with Crippen LogP contribution in [0.15, 0.2) is 117 Å². The summed E-state index contributed by atoms with van der Waals surface area (Å²) in [6, 6.07) is 25.3. The summed E-state index contributed by atoms with van der Waals surface area (Å²) in [5.41, 5.74) is -1.26. The molecule has 4 aromatic rings. The Morgan fingerprint density at radius 2 is 1.60 bits per heavy atom. The van der Waals surface area contributed by atoms with E-state index in [-0.39, 0.29) is 11.0 Å². The van der Waals surface area contributed by atoms with Crippen LogP contribution in [0.1, 0.15) is 68.3 Å². The summed E-state index contributed by atoms with van der Waals surface area (Å²) in [4.78, 5) is 14.2. The maximum atomic E-state index is 14.1. The van der Waals surface area contributed by atoms with Gasteiger partial charge in [-0.3, -0.25) is 9.69 Å². The maximum absolute atomic E-state index is 14.1. The first kappa shape index (κ1) is 50.3. The Balaban J connectivity index is 1.09. The largest absolute Gasteiger partial charge is 0.501 e. The molecule has 65 heavy (non-hydrogen) atoms. The number of sulfone groups is 1. The third-order valence-corrected chi connectivity index (χ3v) is 16.6. The second-order valence-corrected chi connectivity index (χ2v) is 21.5. The molecule has 0 saturated carbocycles. The van der Waals surface area contributed by atoms with E-state index in [0.717, 1.165) is 55.7 Å². The van der Waals surface area contributed by atoms with Crippen molar-refractivity contribution in [2.75, 3.05) is 68.9 Å². The fraction of sp³-hybridized carbons (Fsp3) is 0.426. The van der Waals surface area contributed by atoms with Crippen LogP contribution < -0.4 is 20.7 Å². The van der Waals surface area contributed by atoms with Crippen molar-refractivity contribution in [3.05, 3.63) is 119 Å². The molecule has 1 atom stereocenters. The number of rotatable bonds is 21. The van der Waals surface area contributed by atoms with Crippen LogP contribution in [0.25, 0.3) is 5.57 Å². The number of morpholine rings is 1. The minimum atomic E-state index is -6.05. The highest BCUT2D eigenvalue weighted by atomic mass is 35.5. The zero-order chi connectivity index (χ0) is 46.7. The van der Waals surface area contributed by atoms with E-state index in [1.165, 1.54) is 40.6 Å². The molecule has 352 valence electrons. The van der Waals surface area contributed by atoms with Gasteiger partial charge < -0.3 is 20.7 Å². The Morgan fingerprint density at radius 1 is 0.908 bits per heavy atom. The van der Waals surface area contributed by atoms with Crippen molar-refractivity contribution >= 4 is 66.1 Å².